The summed E-state index contributed by atoms with van der Waals surface area (Å²) in [6, 6.07) is 0.262. The second-order valence-electron chi connectivity index (χ2n) is 6.22. The molecule has 1 saturated heterocycles. The summed E-state index contributed by atoms with van der Waals surface area (Å²) in [5, 5.41) is 6.10. The van der Waals surface area contributed by atoms with E-state index in [2.05, 4.69) is 25.6 Å². The molecule has 1 fully saturated rings. The monoisotopic (exact) mass is 345 g/mol. The summed E-state index contributed by atoms with van der Waals surface area (Å²) in [7, 11) is 0. The van der Waals surface area contributed by atoms with E-state index < -0.39 is 0 Å². The Morgan fingerprint density at radius 2 is 2.25 bits per heavy atom. The molecule has 3 heterocycles. The minimum absolute atomic E-state index is 0.0391. The molecule has 1 amide bonds. The third-order valence-electron chi connectivity index (χ3n) is 4.26. The lowest BCUT2D eigenvalue weighted by molar-refractivity contribution is -0.119. The third-order valence-corrected chi connectivity index (χ3v) is 5.08. The van der Waals surface area contributed by atoms with E-state index in [0.29, 0.717) is 6.54 Å². The molecular formula is C17H23N5OS. The Bertz CT molecular complexity index is 730. The summed E-state index contributed by atoms with van der Waals surface area (Å²) < 4.78 is 0. The molecule has 1 aliphatic rings. The van der Waals surface area contributed by atoms with Crippen LogP contribution in [0.5, 0.6) is 0 Å². The Hall–Kier alpha value is -1.86. The highest BCUT2D eigenvalue weighted by molar-refractivity contribution is 7.09. The van der Waals surface area contributed by atoms with Crippen LogP contribution in [-0.4, -0.2) is 32.3 Å². The Morgan fingerprint density at radius 1 is 1.42 bits per heavy atom. The number of aryl methyl sites for hydroxylation is 2. The molecule has 0 bridgehead atoms. The van der Waals surface area contributed by atoms with Crippen LogP contribution >= 0.6 is 11.3 Å². The molecule has 128 valence electrons. The average Bonchev–Trinajstić information content (AvgIpc) is 3.15. The summed E-state index contributed by atoms with van der Waals surface area (Å²) >= 11 is 1.69. The predicted molar refractivity (Wildman–Crippen MR) is 93.5 cm³/mol. The van der Waals surface area contributed by atoms with Crippen molar-refractivity contribution in [1.29, 1.82) is 0 Å². The third kappa shape index (κ3) is 3.96. The zero-order valence-corrected chi connectivity index (χ0v) is 15.2. The average molecular weight is 345 g/mol. The van der Waals surface area contributed by atoms with E-state index in [9.17, 15) is 4.79 Å². The first kappa shape index (κ1) is 17.0. The number of nitrogens with one attached hydrogen (secondary N) is 1. The van der Waals surface area contributed by atoms with Crippen molar-refractivity contribution >= 4 is 17.2 Å². The second-order valence-corrected chi connectivity index (χ2v) is 7.29. The van der Waals surface area contributed by atoms with E-state index in [4.69, 9.17) is 4.98 Å². The Labute approximate surface area is 146 Å². The fourth-order valence-electron chi connectivity index (χ4n) is 3.17. The molecule has 7 heteroatoms. The smallest absolute Gasteiger partial charge is 0.217 e. The molecular weight excluding hydrogens is 322 g/mol. The van der Waals surface area contributed by atoms with Crippen molar-refractivity contribution < 1.29 is 4.79 Å². The SMILES string of the molecule is CC(=O)NCc1cnc(C)nc1C1CCCN1Cc1csc(C)n1. The molecule has 0 aromatic carbocycles. The number of hydrogen-bond acceptors (Lipinski definition) is 6. The van der Waals surface area contributed by atoms with Gasteiger partial charge in [-0.1, -0.05) is 0 Å². The van der Waals surface area contributed by atoms with Gasteiger partial charge in [-0.3, -0.25) is 9.69 Å². The maximum absolute atomic E-state index is 11.3. The van der Waals surface area contributed by atoms with Crippen molar-refractivity contribution in [3.63, 3.8) is 0 Å². The fourth-order valence-corrected chi connectivity index (χ4v) is 3.77. The van der Waals surface area contributed by atoms with Crippen LogP contribution in [0.15, 0.2) is 11.6 Å². The lowest BCUT2D eigenvalue weighted by Gasteiger charge is -2.25. The van der Waals surface area contributed by atoms with Gasteiger partial charge in [-0.05, 0) is 33.2 Å². The van der Waals surface area contributed by atoms with Gasteiger partial charge >= 0.3 is 0 Å². The number of carbonyl (C=O) groups is 1. The molecule has 2 aromatic rings. The van der Waals surface area contributed by atoms with Crippen molar-refractivity contribution in [3.05, 3.63) is 39.4 Å². The highest BCUT2D eigenvalue weighted by Gasteiger charge is 2.29. The quantitative estimate of drug-likeness (QED) is 0.902. The largest absolute Gasteiger partial charge is 0.352 e. The molecule has 24 heavy (non-hydrogen) atoms. The number of thiazole rings is 1. The number of aromatic nitrogens is 3. The minimum atomic E-state index is -0.0391. The van der Waals surface area contributed by atoms with Crippen molar-refractivity contribution in [2.24, 2.45) is 0 Å². The maximum atomic E-state index is 11.3. The molecule has 1 aliphatic heterocycles. The van der Waals surface area contributed by atoms with E-state index in [1.54, 1.807) is 11.3 Å². The molecule has 1 N–H and O–H groups in total. The highest BCUT2D eigenvalue weighted by atomic mass is 32.1. The number of likely N-dealkylation sites (tertiary alicyclic amines) is 1. The van der Waals surface area contributed by atoms with Crippen LogP contribution < -0.4 is 5.32 Å². The zero-order valence-electron chi connectivity index (χ0n) is 14.4. The number of hydrogen-bond donors (Lipinski definition) is 1. The van der Waals surface area contributed by atoms with Crippen LogP contribution in [0.3, 0.4) is 0 Å². The van der Waals surface area contributed by atoms with E-state index >= 15 is 0 Å². The summed E-state index contributed by atoms with van der Waals surface area (Å²) in [5.41, 5.74) is 3.17. The van der Waals surface area contributed by atoms with E-state index in [1.807, 2.05) is 20.0 Å². The molecule has 6 nitrogen and oxygen atoms in total. The first-order valence-electron chi connectivity index (χ1n) is 8.25. The van der Waals surface area contributed by atoms with Crippen molar-refractivity contribution in [2.75, 3.05) is 6.54 Å². The van der Waals surface area contributed by atoms with Crippen LogP contribution in [0.25, 0.3) is 0 Å². The molecule has 1 unspecified atom stereocenters. The lowest BCUT2D eigenvalue weighted by Crippen LogP contribution is -2.27. The summed E-state index contributed by atoms with van der Waals surface area (Å²) in [6.45, 7) is 7.84. The molecule has 0 aliphatic carbocycles. The first-order chi connectivity index (χ1) is 11.5. The van der Waals surface area contributed by atoms with E-state index in [1.165, 1.54) is 6.92 Å². The van der Waals surface area contributed by atoms with Gasteiger partial charge in [0, 0.05) is 37.2 Å². The predicted octanol–water partition coefficient (Wildman–Crippen LogP) is 2.52. The number of nitrogens with zero attached hydrogens (tertiary/aromatic N) is 4. The van der Waals surface area contributed by atoms with Crippen molar-refractivity contribution in [1.82, 2.24) is 25.2 Å². The second kappa shape index (κ2) is 7.36. The van der Waals surface area contributed by atoms with E-state index in [-0.39, 0.29) is 11.9 Å². The van der Waals surface area contributed by atoms with Crippen LogP contribution in [0, 0.1) is 13.8 Å². The Morgan fingerprint density at radius 3 is 2.96 bits per heavy atom. The van der Waals surface area contributed by atoms with Crippen molar-refractivity contribution in [2.45, 2.75) is 52.7 Å². The Balaban J connectivity index is 1.82. The molecule has 0 saturated carbocycles. The van der Waals surface area contributed by atoms with Crippen LogP contribution in [0.2, 0.25) is 0 Å². The van der Waals surface area contributed by atoms with E-state index in [0.717, 1.165) is 53.7 Å². The molecule has 0 spiro atoms. The van der Waals surface area contributed by atoms with Gasteiger partial charge < -0.3 is 5.32 Å². The first-order valence-corrected chi connectivity index (χ1v) is 9.13. The van der Waals surface area contributed by atoms with Crippen LogP contribution in [-0.2, 0) is 17.9 Å². The van der Waals surface area contributed by atoms with Gasteiger partial charge in [0.1, 0.15) is 5.82 Å². The summed E-state index contributed by atoms with van der Waals surface area (Å²) in [5.74, 6) is 0.732. The zero-order chi connectivity index (χ0) is 17.1. The number of rotatable bonds is 5. The van der Waals surface area contributed by atoms with Gasteiger partial charge in [-0.2, -0.15) is 0 Å². The minimum Gasteiger partial charge on any atom is -0.352 e. The Kier molecular flexibility index (Phi) is 5.20. The van der Waals surface area contributed by atoms with Crippen LogP contribution in [0.4, 0.5) is 0 Å². The molecule has 3 rings (SSSR count). The molecule has 2 aromatic heterocycles. The van der Waals surface area contributed by atoms with Gasteiger partial charge in [-0.15, -0.1) is 11.3 Å². The molecule has 1 atom stereocenters. The lowest BCUT2D eigenvalue weighted by atomic mass is 10.1. The van der Waals surface area contributed by atoms with Gasteiger partial charge in [0.25, 0.3) is 0 Å². The topological polar surface area (TPSA) is 71.0 Å². The van der Waals surface area contributed by atoms with Crippen LogP contribution in [0.1, 0.15) is 53.6 Å². The van der Waals surface area contributed by atoms with Gasteiger partial charge in [0.15, 0.2) is 0 Å². The molecule has 0 radical (unpaired) electrons. The van der Waals surface area contributed by atoms with Gasteiger partial charge in [0.2, 0.25) is 5.91 Å². The summed E-state index contributed by atoms with van der Waals surface area (Å²) in [6.07, 6.45) is 4.07. The number of amides is 1. The van der Waals surface area contributed by atoms with Crippen molar-refractivity contribution in [3.8, 4) is 0 Å². The standard InChI is InChI=1S/C17H23N5OS/c1-11-18-7-14(8-19-12(2)23)17(20-11)16-5-4-6-22(16)9-15-10-24-13(3)21-15/h7,10,16H,4-6,8-9H2,1-3H3,(H,19,23). The van der Waals surface area contributed by atoms with Gasteiger partial charge in [-0.25, -0.2) is 15.0 Å². The number of carbonyl (C=O) groups excluding carboxylic acids is 1. The summed E-state index contributed by atoms with van der Waals surface area (Å²) in [4.78, 5) is 27.3. The maximum Gasteiger partial charge on any atom is 0.217 e. The van der Waals surface area contributed by atoms with Gasteiger partial charge in [0.05, 0.1) is 22.4 Å². The highest BCUT2D eigenvalue weighted by Crippen LogP contribution is 2.34. The normalized spacial score (nSPS) is 18.0. The fraction of sp³-hybridized carbons (Fsp3) is 0.529.